The van der Waals surface area contributed by atoms with E-state index < -0.39 is 6.10 Å². The van der Waals surface area contributed by atoms with Gasteiger partial charge in [-0.25, -0.2) is 9.18 Å². The summed E-state index contributed by atoms with van der Waals surface area (Å²) in [5.41, 5.74) is 0.675. The van der Waals surface area contributed by atoms with Crippen molar-refractivity contribution in [1.29, 1.82) is 0 Å². The van der Waals surface area contributed by atoms with Crippen LogP contribution in [0.5, 0.6) is 0 Å². The van der Waals surface area contributed by atoms with Crippen LogP contribution in [0.3, 0.4) is 0 Å². The molecular weight excluding hydrogens is 315 g/mol. The molecule has 1 aliphatic heterocycles. The summed E-state index contributed by atoms with van der Waals surface area (Å²) in [7, 11) is 0. The predicted molar refractivity (Wildman–Crippen MR) is 82.6 cm³/mol. The van der Waals surface area contributed by atoms with Crippen LogP contribution in [0.1, 0.15) is 29.7 Å². The maximum atomic E-state index is 13.4. The molecule has 2 aromatic rings. The van der Waals surface area contributed by atoms with Gasteiger partial charge in [-0.3, -0.25) is 0 Å². The number of carbonyl (C=O) groups excluding carboxylic acids is 1. The van der Waals surface area contributed by atoms with Gasteiger partial charge >= 0.3 is 6.03 Å². The first-order valence-corrected chi connectivity index (χ1v) is 7.80. The first-order chi connectivity index (χ1) is 11.5. The zero-order valence-electron chi connectivity index (χ0n) is 13.3. The maximum absolute atomic E-state index is 13.4. The number of halogens is 1. The molecule has 1 fully saturated rings. The molecule has 0 bridgehead atoms. The Morgan fingerprint density at radius 2 is 2.38 bits per heavy atom. The number of aromatic nitrogens is 2. The van der Waals surface area contributed by atoms with Gasteiger partial charge in [0, 0.05) is 19.5 Å². The highest BCUT2D eigenvalue weighted by Gasteiger charge is 2.35. The van der Waals surface area contributed by atoms with Gasteiger partial charge in [0.1, 0.15) is 5.82 Å². The molecule has 1 saturated heterocycles. The number of nitrogens with zero attached hydrogens (tertiary/aromatic N) is 3. The molecule has 0 aliphatic carbocycles. The fraction of sp³-hybridized carbons (Fsp3) is 0.438. The standard InChI is InChI=1S/C16H19FN4O3/c1-10-19-15(24-20-10)5-6-18-16(23)21-9-13(22)8-14(21)11-3-2-4-12(17)7-11/h2-4,7,13-14,22H,5-6,8-9H2,1H3,(H,18,23). The highest BCUT2D eigenvalue weighted by molar-refractivity contribution is 5.75. The van der Waals surface area contributed by atoms with Crippen molar-refractivity contribution in [3.05, 3.63) is 47.4 Å². The lowest BCUT2D eigenvalue weighted by Crippen LogP contribution is -2.41. The first kappa shape index (κ1) is 16.4. The van der Waals surface area contributed by atoms with E-state index in [1.165, 1.54) is 17.0 Å². The van der Waals surface area contributed by atoms with Gasteiger partial charge in [-0.1, -0.05) is 17.3 Å². The van der Waals surface area contributed by atoms with Gasteiger partial charge in [-0.15, -0.1) is 0 Å². The van der Waals surface area contributed by atoms with Crippen LogP contribution in [-0.2, 0) is 6.42 Å². The van der Waals surface area contributed by atoms with E-state index in [0.29, 0.717) is 36.7 Å². The number of hydrogen-bond acceptors (Lipinski definition) is 5. The molecule has 2 amide bonds. The molecule has 2 atom stereocenters. The molecule has 3 rings (SSSR count). The average Bonchev–Trinajstić information content (AvgIpc) is 3.13. The fourth-order valence-electron chi connectivity index (χ4n) is 2.89. The second-order valence-corrected chi connectivity index (χ2v) is 5.83. The summed E-state index contributed by atoms with van der Waals surface area (Å²) in [4.78, 5) is 18.0. The van der Waals surface area contributed by atoms with Crippen LogP contribution in [0, 0.1) is 12.7 Å². The zero-order chi connectivity index (χ0) is 17.1. The number of benzene rings is 1. The van der Waals surface area contributed by atoms with Gasteiger partial charge in [-0.05, 0) is 31.0 Å². The van der Waals surface area contributed by atoms with Crippen molar-refractivity contribution in [3.63, 3.8) is 0 Å². The fourth-order valence-corrected chi connectivity index (χ4v) is 2.89. The van der Waals surface area contributed by atoms with Crippen LogP contribution < -0.4 is 5.32 Å². The number of aliphatic hydroxyl groups is 1. The van der Waals surface area contributed by atoms with Crippen LogP contribution in [0.2, 0.25) is 0 Å². The number of amides is 2. The summed E-state index contributed by atoms with van der Waals surface area (Å²) >= 11 is 0. The Morgan fingerprint density at radius 3 is 3.08 bits per heavy atom. The third kappa shape index (κ3) is 3.70. The van der Waals surface area contributed by atoms with Crippen LogP contribution in [0.4, 0.5) is 9.18 Å². The van der Waals surface area contributed by atoms with Crippen molar-refractivity contribution in [2.75, 3.05) is 13.1 Å². The lowest BCUT2D eigenvalue weighted by atomic mass is 10.0. The molecule has 1 aliphatic rings. The molecular formula is C16H19FN4O3. The van der Waals surface area contributed by atoms with Crippen molar-refractivity contribution < 1.29 is 18.8 Å². The summed E-state index contributed by atoms with van der Waals surface area (Å²) in [6, 6.07) is 5.45. The average molecular weight is 334 g/mol. The molecule has 0 spiro atoms. The number of β-amino-alcohol motifs (C(OH)–C–C–N with tert-alkyl or cyclic N) is 1. The Labute approximate surface area is 138 Å². The van der Waals surface area contributed by atoms with Crippen molar-refractivity contribution in [2.45, 2.75) is 31.9 Å². The van der Waals surface area contributed by atoms with Crippen molar-refractivity contribution in [1.82, 2.24) is 20.4 Å². The molecule has 128 valence electrons. The quantitative estimate of drug-likeness (QED) is 0.886. The van der Waals surface area contributed by atoms with Crippen molar-refractivity contribution >= 4 is 6.03 Å². The highest BCUT2D eigenvalue weighted by Crippen LogP contribution is 2.32. The van der Waals surface area contributed by atoms with Crippen LogP contribution in [0.15, 0.2) is 28.8 Å². The molecule has 2 N–H and O–H groups in total. The number of nitrogens with one attached hydrogen (secondary N) is 1. The third-order valence-corrected chi connectivity index (χ3v) is 3.96. The van der Waals surface area contributed by atoms with Gasteiger partial charge in [-0.2, -0.15) is 4.98 Å². The summed E-state index contributed by atoms with van der Waals surface area (Å²) < 4.78 is 18.4. The van der Waals surface area contributed by atoms with Crippen LogP contribution in [-0.4, -0.2) is 45.4 Å². The van der Waals surface area contributed by atoms with E-state index >= 15 is 0 Å². The van der Waals surface area contributed by atoms with Crippen molar-refractivity contribution in [2.24, 2.45) is 0 Å². The summed E-state index contributed by atoms with van der Waals surface area (Å²) in [5, 5.41) is 16.4. The lowest BCUT2D eigenvalue weighted by Gasteiger charge is -2.25. The van der Waals surface area contributed by atoms with Gasteiger partial charge < -0.3 is 19.8 Å². The molecule has 7 nitrogen and oxygen atoms in total. The Bertz CT molecular complexity index is 721. The van der Waals surface area contributed by atoms with Crippen LogP contribution in [0.25, 0.3) is 0 Å². The van der Waals surface area contributed by atoms with E-state index in [4.69, 9.17) is 4.52 Å². The molecule has 1 aromatic carbocycles. The van der Waals surface area contributed by atoms with Gasteiger partial charge in [0.25, 0.3) is 0 Å². The monoisotopic (exact) mass is 334 g/mol. The van der Waals surface area contributed by atoms with E-state index in [1.807, 2.05) is 0 Å². The number of likely N-dealkylation sites (tertiary alicyclic amines) is 1. The largest absolute Gasteiger partial charge is 0.391 e. The van der Waals surface area contributed by atoms with Crippen molar-refractivity contribution in [3.8, 4) is 0 Å². The van der Waals surface area contributed by atoms with Gasteiger partial charge in [0.15, 0.2) is 5.82 Å². The number of carbonyl (C=O) groups is 1. The Hall–Kier alpha value is -2.48. The third-order valence-electron chi connectivity index (χ3n) is 3.96. The van der Waals surface area contributed by atoms with Gasteiger partial charge in [0.05, 0.1) is 12.1 Å². The minimum atomic E-state index is -0.623. The summed E-state index contributed by atoms with van der Waals surface area (Å²) in [6.45, 7) is 2.27. The summed E-state index contributed by atoms with van der Waals surface area (Å²) in [6.07, 6.45) is 0.190. The van der Waals surface area contributed by atoms with Gasteiger partial charge in [0.2, 0.25) is 5.89 Å². The lowest BCUT2D eigenvalue weighted by molar-refractivity contribution is 0.169. The smallest absolute Gasteiger partial charge is 0.318 e. The number of rotatable bonds is 4. The second-order valence-electron chi connectivity index (χ2n) is 5.83. The SMILES string of the molecule is Cc1noc(CCNC(=O)N2CC(O)CC2c2cccc(F)c2)n1. The molecule has 0 radical (unpaired) electrons. The number of hydrogen-bond donors (Lipinski definition) is 2. The molecule has 8 heteroatoms. The number of aliphatic hydroxyl groups excluding tert-OH is 1. The molecule has 1 aromatic heterocycles. The maximum Gasteiger partial charge on any atom is 0.318 e. The normalized spacial score (nSPS) is 20.4. The summed E-state index contributed by atoms with van der Waals surface area (Å²) in [5.74, 6) is 0.641. The van der Waals surface area contributed by atoms with E-state index in [0.717, 1.165) is 0 Å². The number of aryl methyl sites for hydroxylation is 1. The Balaban J connectivity index is 1.61. The van der Waals surface area contributed by atoms with E-state index in [1.54, 1.807) is 19.1 Å². The Kier molecular flexibility index (Phi) is 4.75. The topological polar surface area (TPSA) is 91.5 Å². The number of urea groups is 1. The minimum absolute atomic E-state index is 0.215. The molecule has 2 unspecified atom stereocenters. The van der Waals surface area contributed by atoms with Crippen LogP contribution >= 0.6 is 0 Å². The predicted octanol–water partition coefficient (Wildman–Crippen LogP) is 1.58. The Morgan fingerprint density at radius 1 is 1.54 bits per heavy atom. The van der Waals surface area contributed by atoms with E-state index in [-0.39, 0.29) is 24.4 Å². The minimum Gasteiger partial charge on any atom is -0.391 e. The van der Waals surface area contributed by atoms with E-state index in [9.17, 15) is 14.3 Å². The molecule has 0 saturated carbocycles. The first-order valence-electron chi connectivity index (χ1n) is 7.80. The molecule has 2 heterocycles. The van der Waals surface area contributed by atoms with E-state index in [2.05, 4.69) is 15.5 Å². The zero-order valence-corrected chi connectivity index (χ0v) is 13.3. The highest BCUT2D eigenvalue weighted by atomic mass is 19.1. The molecule has 24 heavy (non-hydrogen) atoms. The second kappa shape index (κ2) is 6.96.